The molecule has 2 aromatic rings. The largest absolute Gasteiger partial charge is 0.352 e. The van der Waals surface area contributed by atoms with Crippen LogP contribution in [0.2, 0.25) is 0 Å². The summed E-state index contributed by atoms with van der Waals surface area (Å²) >= 11 is 0. The summed E-state index contributed by atoms with van der Waals surface area (Å²) in [6, 6.07) is 8.60. The van der Waals surface area contributed by atoms with Crippen molar-refractivity contribution in [2.24, 2.45) is 5.92 Å². The highest BCUT2D eigenvalue weighted by Crippen LogP contribution is 2.12. The number of carbonyl (C=O) groups is 3. The molecule has 0 spiro atoms. The van der Waals surface area contributed by atoms with Crippen LogP contribution in [-0.2, 0) is 17.9 Å². The molecule has 0 saturated carbocycles. The van der Waals surface area contributed by atoms with E-state index in [9.17, 15) is 14.4 Å². The number of hydrogen-bond donors (Lipinski definition) is 2. The summed E-state index contributed by atoms with van der Waals surface area (Å²) in [5.74, 6) is -0.229. The predicted octanol–water partition coefficient (Wildman–Crippen LogP) is 1.62. The van der Waals surface area contributed by atoms with Gasteiger partial charge in [0, 0.05) is 24.3 Å². The van der Waals surface area contributed by atoms with E-state index in [1.54, 1.807) is 24.3 Å². The van der Waals surface area contributed by atoms with Gasteiger partial charge in [-0.1, -0.05) is 19.1 Å². The molecule has 2 heterocycles. The van der Waals surface area contributed by atoms with E-state index in [1.165, 1.54) is 0 Å². The lowest BCUT2D eigenvalue weighted by Gasteiger charge is -2.15. The topological polar surface area (TPSA) is 96.3 Å². The van der Waals surface area contributed by atoms with Gasteiger partial charge in [0.1, 0.15) is 0 Å². The van der Waals surface area contributed by atoms with Crippen LogP contribution in [0.1, 0.15) is 34.2 Å². The van der Waals surface area contributed by atoms with Gasteiger partial charge in [-0.25, -0.2) is 4.79 Å². The maximum Gasteiger partial charge on any atom is 0.324 e. The zero-order valence-corrected chi connectivity index (χ0v) is 16.4. The molecule has 1 aromatic heterocycles. The van der Waals surface area contributed by atoms with Crippen LogP contribution in [0.15, 0.2) is 30.3 Å². The zero-order valence-electron chi connectivity index (χ0n) is 16.4. The van der Waals surface area contributed by atoms with E-state index in [0.29, 0.717) is 12.1 Å². The van der Waals surface area contributed by atoms with E-state index in [1.807, 2.05) is 24.6 Å². The van der Waals surface area contributed by atoms with Crippen LogP contribution in [-0.4, -0.2) is 45.6 Å². The first kappa shape index (κ1) is 19.6. The number of urea groups is 1. The molecule has 0 radical (unpaired) electrons. The lowest BCUT2D eigenvalue weighted by molar-refractivity contribution is -0.125. The average Bonchev–Trinajstić information content (AvgIpc) is 3.14. The molecule has 2 N–H and O–H groups in total. The van der Waals surface area contributed by atoms with Gasteiger partial charge in [-0.3, -0.25) is 19.2 Å². The number of hydrogen-bond acceptors (Lipinski definition) is 4. The number of benzene rings is 1. The molecular formula is C20H25N5O3. The van der Waals surface area contributed by atoms with E-state index in [-0.39, 0.29) is 30.8 Å². The predicted molar refractivity (Wildman–Crippen MR) is 104 cm³/mol. The van der Waals surface area contributed by atoms with Crippen LogP contribution in [0.25, 0.3) is 0 Å². The van der Waals surface area contributed by atoms with Gasteiger partial charge < -0.3 is 10.6 Å². The number of carbonyl (C=O) groups excluding carboxylic acids is 3. The molecule has 3 rings (SSSR count). The highest BCUT2D eigenvalue weighted by Gasteiger charge is 2.28. The highest BCUT2D eigenvalue weighted by atomic mass is 16.2. The second kappa shape index (κ2) is 8.24. The van der Waals surface area contributed by atoms with Crippen molar-refractivity contribution in [1.82, 2.24) is 25.3 Å². The van der Waals surface area contributed by atoms with Crippen LogP contribution in [0.5, 0.6) is 0 Å². The second-order valence-electron chi connectivity index (χ2n) is 7.26. The molecule has 4 amide bonds. The number of aromatic nitrogens is 2. The lowest BCUT2D eigenvalue weighted by Crippen LogP contribution is -2.31. The third kappa shape index (κ3) is 4.57. The quantitative estimate of drug-likeness (QED) is 0.710. The van der Waals surface area contributed by atoms with Crippen LogP contribution in [0.4, 0.5) is 4.79 Å². The van der Waals surface area contributed by atoms with Gasteiger partial charge in [0.15, 0.2) is 0 Å². The Balaban J connectivity index is 1.56. The fraction of sp³-hybridized carbons (Fsp3) is 0.400. The molecule has 28 heavy (non-hydrogen) atoms. The molecule has 1 aliphatic heterocycles. The van der Waals surface area contributed by atoms with Gasteiger partial charge >= 0.3 is 6.03 Å². The summed E-state index contributed by atoms with van der Waals surface area (Å²) < 4.78 is 1.95. The van der Waals surface area contributed by atoms with E-state index in [4.69, 9.17) is 0 Å². The summed E-state index contributed by atoms with van der Waals surface area (Å²) in [6.07, 6.45) is 0. The number of amides is 4. The molecule has 1 fully saturated rings. The number of nitrogens with one attached hydrogen (secondary N) is 2. The van der Waals surface area contributed by atoms with Crippen molar-refractivity contribution < 1.29 is 14.4 Å². The van der Waals surface area contributed by atoms with Gasteiger partial charge in [-0.15, -0.1) is 0 Å². The summed E-state index contributed by atoms with van der Waals surface area (Å²) in [5.41, 5.74) is 3.32. The smallest absolute Gasteiger partial charge is 0.324 e. The van der Waals surface area contributed by atoms with E-state index >= 15 is 0 Å². The van der Waals surface area contributed by atoms with Gasteiger partial charge in [-0.2, -0.15) is 5.10 Å². The second-order valence-corrected chi connectivity index (χ2v) is 7.26. The Morgan fingerprint density at radius 1 is 1.29 bits per heavy atom. The van der Waals surface area contributed by atoms with Crippen LogP contribution < -0.4 is 10.6 Å². The first-order chi connectivity index (χ1) is 13.3. The molecule has 148 valence electrons. The van der Waals surface area contributed by atoms with Gasteiger partial charge in [0.05, 0.1) is 18.8 Å². The molecular weight excluding hydrogens is 358 g/mol. The maximum atomic E-state index is 12.5. The Morgan fingerprint density at radius 3 is 2.71 bits per heavy atom. The van der Waals surface area contributed by atoms with Crippen molar-refractivity contribution in [1.29, 1.82) is 0 Å². The molecule has 1 aromatic carbocycles. The summed E-state index contributed by atoms with van der Waals surface area (Å²) in [6.45, 7) is 7.46. The normalized spacial score (nSPS) is 14.9. The number of nitrogens with zero attached hydrogens (tertiary/aromatic N) is 3. The molecule has 8 nitrogen and oxygen atoms in total. The summed E-state index contributed by atoms with van der Waals surface area (Å²) in [5, 5.41) is 9.88. The minimum Gasteiger partial charge on any atom is -0.352 e. The minimum absolute atomic E-state index is 0.0200. The van der Waals surface area contributed by atoms with Crippen molar-refractivity contribution in [3.05, 3.63) is 52.8 Å². The molecule has 1 aliphatic rings. The molecule has 0 unspecified atom stereocenters. The molecule has 1 saturated heterocycles. The van der Waals surface area contributed by atoms with E-state index in [0.717, 1.165) is 28.4 Å². The Bertz CT molecular complexity index is 889. The van der Waals surface area contributed by atoms with E-state index < -0.39 is 6.03 Å². The Kier molecular flexibility index (Phi) is 5.77. The minimum atomic E-state index is -0.405. The summed E-state index contributed by atoms with van der Waals surface area (Å²) in [7, 11) is 0. The molecule has 0 aliphatic carbocycles. The Morgan fingerprint density at radius 2 is 2.07 bits per heavy atom. The monoisotopic (exact) mass is 383 g/mol. The SMILES string of the molecule is Cc1cc(C)n(C[C@H](C)CNC(=O)c2cccc(CN3C(=O)CNC3=O)c2)n1. The third-order valence-corrected chi connectivity index (χ3v) is 4.67. The Hall–Kier alpha value is -3.16. The fourth-order valence-electron chi connectivity index (χ4n) is 3.20. The number of imide groups is 1. The maximum absolute atomic E-state index is 12.5. The standard InChI is InChI=1S/C20H25N5O3/c1-13(11-25-15(3)7-14(2)23-25)9-21-19(27)17-6-4-5-16(8-17)12-24-18(26)10-22-20(24)28/h4-8,13H,9-12H2,1-3H3,(H,21,27)(H,22,28)/t13-/m1/s1. The number of aryl methyl sites for hydroxylation is 2. The van der Waals surface area contributed by atoms with Crippen LogP contribution in [0, 0.1) is 19.8 Å². The van der Waals surface area contributed by atoms with Crippen molar-refractivity contribution in [2.75, 3.05) is 13.1 Å². The molecule has 0 bridgehead atoms. The van der Waals surface area contributed by atoms with Crippen molar-refractivity contribution in [3.8, 4) is 0 Å². The zero-order chi connectivity index (χ0) is 20.3. The number of rotatable bonds is 7. The van der Waals surface area contributed by atoms with Crippen molar-refractivity contribution in [3.63, 3.8) is 0 Å². The van der Waals surface area contributed by atoms with Gasteiger partial charge in [0.25, 0.3) is 5.91 Å². The van der Waals surface area contributed by atoms with Crippen molar-refractivity contribution >= 4 is 17.8 Å². The average molecular weight is 383 g/mol. The van der Waals surface area contributed by atoms with Crippen molar-refractivity contribution in [2.45, 2.75) is 33.9 Å². The summed E-state index contributed by atoms with van der Waals surface area (Å²) in [4.78, 5) is 37.0. The van der Waals surface area contributed by atoms with Crippen LogP contribution in [0.3, 0.4) is 0 Å². The van der Waals surface area contributed by atoms with E-state index in [2.05, 4.69) is 22.7 Å². The third-order valence-electron chi connectivity index (χ3n) is 4.67. The molecule has 8 heteroatoms. The first-order valence-electron chi connectivity index (χ1n) is 9.30. The lowest BCUT2D eigenvalue weighted by atomic mass is 10.1. The van der Waals surface area contributed by atoms with Crippen LogP contribution >= 0.6 is 0 Å². The fourth-order valence-corrected chi connectivity index (χ4v) is 3.20. The highest BCUT2D eigenvalue weighted by molar-refractivity contribution is 6.02. The first-order valence-corrected chi connectivity index (χ1v) is 9.30. The Labute approximate surface area is 163 Å². The molecule has 1 atom stereocenters. The van der Waals surface area contributed by atoms with Gasteiger partial charge in [-0.05, 0) is 43.5 Å². The van der Waals surface area contributed by atoms with Gasteiger partial charge in [0.2, 0.25) is 5.91 Å².